The highest BCUT2D eigenvalue weighted by molar-refractivity contribution is 5.88. The number of methoxy groups -OCH3 is 1. The number of benzene rings is 2. The van der Waals surface area contributed by atoms with E-state index in [0.29, 0.717) is 28.7 Å². The first-order valence-electron chi connectivity index (χ1n) is 8.30. The van der Waals surface area contributed by atoms with Crippen LogP contribution in [0.5, 0.6) is 5.75 Å². The molecule has 0 amide bonds. The van der Waals surface area contributed by atoms with Gasteiger partial charge in [-0.1, -0.05) is 30.3 Å². The molecule has 5 heteroatoms. The van der Waals surface area contributed by atoms with Gasteiger partial charge < -0.3 is 13.9 Å². The molecule has 0 aliphatic heterocycles. The lowest BCUT2D eigenvalue weighted by Gasteiger charge is -2.13. The van der Waals surface area contributed by atoms with Gasteiger partial charge >= 0.3 is 11.6 Å². The van der Waals surface area contributed by atoms with E-state index in [0.717, 1.165) is 16.7 Å². The van der Waals surface area contributed by atoms with Gasteiger partial charge in [0, 0.05) is 12.0 Å². The minimum atomic E-state index is -0.473. The predicted octanol–water partition coefficient (Wildman–Crippen LogP) is 3.55. The lowest BCUT2D eigenvalue weighted by Crippen LogP contribution is -2.14. The third-order valence-electron chi connectivity index (χ3n) is 4.28. The van der Waals surface area contributed by atoms with Crippen molar-refractivity contribution in [3.8, 4) is 5.75 Å². The first-order valence-corrected chi connectivity index (χ1v) is 8.30. The minimum absolute atomic E-state index is 0.207. The van der Waals surface area contributed by atoms with Crippen molar-refractivity contribution in [2.75, 3.05) is 13.7 Å². The Hall–Kier alpha value is -3.08. The topological polar surface area (TPSA) is 65.7 Å². The molecule has 0 atom stereocenters. The molecule has 1 aromatic heterocycles. The highest BCUT2D eigenvalue weighted by Crippen LogP contribution is 2.31. The second-order valence-electron chi connectivity index (χ2n) is 6.16. The smallest absolute Gasteiger partial charge is 0.343 e. The Labute approximate surface area is 151 Å². The van der Waals surface area contributed by atoms with Crippen molar-refractivity contribution in [2.45, 2.75) is 20.3 Å². The molecule has 3 aromatic rings. The summed E-state index contributed by atoms with van der Waals surface area (Å²) in [6, 6.07) is 13.3. The molecule has 0 aliphatic carbocycles. The van der Waals surface area contributed by atoms with E-state index in [1.807, 2.05) is 50.2 Å². The van der Waals surface area contributed by atoms with Crippen LogP contribution >= 0.6 is 0 Å². The summed E-state index contributed by atoms with van der Waals surface area (Å²) in [5, 5.41) is 0.699. The summed E-state index contributed by atoms with van der Waals surface area (Å²) in [5.74, 6) is 0.0279. The van der Waals surface area contributed by atoms with E-state index >= 15 is 0 Å². The quantitative estimate of drug-likeness (QED) is 0.519. The normalized spacial score (nSPS) is 10.7. The second kappa shape index (κ2) is 7.44. The van der Waals surface area contributed by atoms with E-state index in [9.17, 15) is 9.59 Å². The number of hydrogen-bond donors (Lipinski definition) is 0. The molecular weight excluding hydrogens is 332 g/mol. The van der Waals surface area contributed by atoms with Gasteiger partial charge in [0.1, 0.15) is 11.3 Å². The Morgan fingerprint density at radius 2 is 1.85 bits per heavy atom. The molecule has 26 heavy (non-hydrogen) atoms. The first kappa shape index (κ1) is 17.7. The van der Waals surface area contributed by atoms with Gasteiger partial charge in [0.25, 0.3) is 0 Å². The lowest BCUT2D eigenvalue weighted by atomic mass is 9.98. The molecule has 0 radical (unpaired) electrons. The highest BCUT2D eigenvalue weighted by atomic mass is 16.6. The second-order valence-corrected chi connectivity index (χ2v) is 6.16. The molecule has 5 nitrogen and oxygen atoms in total. The summed E-state index contributed by atoms with van der Waals surface area (Å²) in [7, 11) is 1.31. The average Bonchev–Trinajstić information content (AvgIpc) is 2.63. The Balaban J connectivity index is 2.12. The molecule has 1 heterocycles. The van der Waals surface area contributed by atoms with E-state index in [1.54, 1.807) is 6.07 Å². The van der Waals surface area contributed by atoms with Crippen molar-refractivity contribution in [1.82, 2.24) is 0 Å². The molecule has 0 bridgehead atoms. The van der Waals surface area contributed by atoms with Crippen LogP contribution in [0.15, 0.2) is 51.7 Å². The largest absolute Gasteiger partial charge is 0.481 e. The third kappa shape index (κ3) is 3.61. The van der Waals surface area contributed by atoms with E-state index in [1.165, 1.54) is 7.11 Å². The van der Waals surface area contributed by atoms with Crippen LogP contribution in [0.25, 0.3) is 11.0 Å². The van der Waals surface area contributed by atoms with Crippen LogP contribution in [0, 0.1) is 13.8 Å². The molecular formula is C21H20O5. The van der Waals surface area contributed by atoms with E-state index in [-0.39, 0.29) is 12.2 Å². The Kier molecular flexibility index (Phi) is 5.07. The van der Waals surface area contributed by atoms with Gasteiger partial charge in [0.2, 0.25) is 0 Å². The van der Waals surface area contributed by atoms with Crippen LogP contribution in [0.4, 0.5) is 0 Å². The van der Waals surface area contributed by atoms with Crippen molar-refractivity contribution in [1.29, 1.82) is 0 Å². The first-order chi connectivity index (χ1) is 12.5. The van der Waals surface area contributed by atoms with E-state index < -0.39 is 5.97 Å². The fourth-order valence-corrected chi connectivity index (χ4v) is 2.95. The molecule has 0 unspecified atom stereocenters. The van der Waals surface area contributed by atoms with E-state index in [4.69, 9.17) is 9.15 Å². The SMILES string of the molecule is COC(=O)COc1cc(C)cc2oc(=O)c(Cc3ccccc3)c(C)c12. The van der Waals surface area contributed by atoms with Crippen molar-refractivity contribution in [3.63, 3.8) is 0 Å². The maximum Gasteiger partial charge on any atom is 0.343 e. The van der Waals surface area contributed by atoms with Crippen molar-refractivity contribution < 1.29 is 18.7 Å². The number of carbonyl (C=O) groups is 1. The van der Waals surface area contributed by atoms with Gasteiger partial charge in [0.05, 0.1) is 12.5 Å². The Morgan fingerprint density at radius 3 is 2.54 bits per heavy atom. The number of esters is 1. The molecule has 0 spiro atoms. The maximum absolute atomic E-state index is 12.5. The molecule has 3 rings (SSSR count). The van der Waals surface area contributed by atoms with E-state index in [2.05, 4.69) is 4.74 Å². The van der Waals surface area contributed by atoms with Crippen LogP contribution in [0.1, 0.15) is 22.3 Å². The van der Waals surface area contributed by atoms with Gasteiger partial charge in [-0.05, 0) is 42.7 Å². The molecule has 0 saturated carbocycles. The molecule has 2 aromatic carbocycles. The summed E-state index contributed by atoms with van der Waals surface area (Å²) < 4.78 is 15.8. The molecule has 0 fully saturated rings. The van der Waals surface area contributed by atoms with Crippen molar-refractivity contribution >= 4 is 16.9 Å². The number of hydrogen-bond acceptors (Lipinski definition) is 5. The summed E-state index contributed by atoms with van der Waals surface area (Å²) in [6.07, 6.45) is 0.468. The summed E-state index contributed by atoms with van der Waals surface area (Å²) >= 11 is 0. The lowest BCUT2D eigenvalue weighted by molar-refractivity contribution is -0.142. The van der Waals surface area contributed by atoms with Gasteiger partial charge in [0.15, 0.2) is 6.61 Å². The van der Waals surface area contributed by atoms with Crippen LogP contribution in [-0.4, -0.2) is 19.7 Å². The zero-order chi connectivity index (χ0) is 18.7. The number of ether oxygens (including phenoxy) is 2. The van der Waals surface area contributed by atoms with Gasteiger partial charge in [-0.15, -0.1) is 0 Å². The van der Waals surface area contributed by atoms with Crippen LogP contribution < -0.4 is 10.4 Å². The molecule has 134 valence electrons. The highest BCUT2D eigenvalue weighted by Gasteiger charge is 2.17. The van der Waals surface area contributed by atoms with Crippen molar-refractivity contribution in [3.05, 3.63) is 75.1 Å². The summed E-state index contributed by atoms with van der Waals surface area (Å²) in [5.41, 5.74) is 3.35. The Morgan fingerprint density at radius 1 is 1.12 bits per heavy atom. The fourth-order valence-electron chi connectivity index (χ4n) is 2.95. The monoisotopic (exact) mass is 352 g/mol. The zero-order valence-corrected chi connectivity index (χ0v) is 15.0. The standard InChI is InChI=1S/C21H20O5/c1-13-9-17(25-12-19(22)24-3)20-14(2)16(21(23)26-18(20)10-13)11-15-7-5-4-6-8-15/h4-10H,11-12H2,1-3H3. The van der Waals surface area contributed by atoms with Gasteiger partial charge in [-0.3, -0.25) is 0 Å². The molecule has 0 saturated heterocycles. The number of rotatable bonds is 5. The predicted molar refractivity (Wildman–Crippen MR) is 98.7 cm³/mol. The number of carbonyl (C=O) groups excluding carboxylic acids is 1. The average molecular weight is 352 g/mol. The number of fused-ring (bicyclic) bond motifs is 1. The van der Waals surface area contributed by atoms with Crippen LogP contribution in [0.2, 0.25) is 0 Å². The zero-order valence-electron chi connectivity index (χ0n) is 15.0. The van der Waals surface area contributed by atoms with Crippen LogP contribution in [0.3, 0.4) is 0 Å². The third-order valence-corrected chi connectivity index (χ3v) is 4.28. The molecule has 0 N–H and O–H groups in total. The summed E-state index contributed by atoms with van der Waals surface area (Å²) in [4.78, 5) is 23.9. The van der Waals surface area contributed by atoms with Gasteiger partial charge in [-0.25, -0.2) is 9.59 Å². The number of aryl methyl sites for hydroxylation is 2. The molecule has 0 aliphatic rings. The fraction of sp³-hybridized carbons (Fsp3) is 0.238. The minimum Gasteiger partial charge on any atom is -0.481 e. The maximum atomic E-state index is 12.5. The van der Waals surface area contributed by atoms with Crippen LogP contribution in [-0.2, 0) is 16.0 Å². The Bertz CT molecular complexity index is 1000. The van der Waals surface area contributed by atoms with Gasteiger partial charge in [-0.2, -0.15) is 0 Å². The van der Waals surface area contributed by atoms with Crippen molar-refractivity contribution in [2.24, 2.45) is 0 Å². The summed E-state index contributed by atoms with van der Waals surface area (Å²) in [6.45, 7) is 3.54.